The molecular weight excluding hydrogens is 162 g/mol. The number of hydrogen-bond acceptors (Lipinski definition) is 3. The molecule has 0 radical (unpaired) electrons. The summed E-state index contributed by atoms with van der Waals surface area (Å²) in [7, 11) is 0. The van der Waals surface area contributed by atoms with E-state index >= 15 is 0 Å². The van der Waals surface area contributed by atoms with Gasteiger partial charge in [0.05, 0.1) is 0 Å². The van der Waals surface area contributed by atoms with Crippen LogP contribution in [0.15, 0.2) is 0 Å². The highest BCUT2D eigenvalue weighted by atomic mass is 16.6. The molecule has 0 fully saturated rings. The third-order valence-corrected chi connectivity index (χ3v) is 1.53. The standard InChI is InChI=1S/C6H13N3O3/c1-6(2,9(11)12)3-4-8-5(7)10/h3-4H2,1-2H3,(H3,7,8,10). The Morgan fingerprint density at radius 1 is 1.67 bits per heavy atom. The predicted molar refractivity (Wildman–Crippen MR) is 43.3 cm³/mol. The van der Waals surface area contributed by atoms with Crippen molar-refractivity contribution in [3.05, 3.63) is 10.1 Å². The lowest BCUT2D eigenvalue weighted by atomic mass is 10.0. The summed E-state index contributed by atoms with van der Waals surface area (Å²) in [6, 6.07) is -0.658. The second-order valence-corrected chi connectivity index (χ2v) is 3.11. The van der Waals surface area contributed by atoms with Gasteiger partial charge in [0.1, 0.15) is 0 Å². The summed E-state index contributed by atoms with van der Waals surface area (Å²) >= 11 is 0. The summed E-state index contributed by atoms with van der Waals surface area (Å²) in [5, 5.41) is 12.6. The van der Waals surface area contributed by atoms with Crippen LogP contribution in [0.1, 0.15) is 20.3 Å². The Balaban J connectivity index is 3.76. The van der Waals surface area contributed by atoms with Crippen LogP contribution in [-0.4, -0.2) is 23.0 Å². The van der Waals surface area contributed by atoms with Crippen LogP contribution in [0.3, 0.4) is 0 Å². The molecule has 0 spiro atoms. The van der Waals surface area contributed by atoms with Gasteiger partial charge in [-0.3, -0.25) is 10.1 Å². The van der Waals surface area contributed by atoms with E-state index in [1.54, 1.807) is 0 Å². The molecule has 0 aromatic rings. The molecule has 3 N–H and O–H groups in total. The van der Waals surface area contributed by atoms with Crippen molar-refractivity contribution in [2.24, 2.45) is 5.73 Å². The monoisotopic (exact) mass is 175 g/mol. The van der Waals surface area contributed by atoms with E-state index in [0.29, 0.717) is 0 Å². The van der Waals surface area contributed by atoms with Gasteiger partial charge in [0.2, 0.25) is 5.54 Å². The second-order valence-electron chi connectivity index (χ2n) is 3.11. The Bertz CT molecular complexity index is 190. The van der Waals surface area contributed by atoms with Crippen LogP contribution in [0, 0.1) is 10.1 Å². The van der Waals surface area contributed by atoms with E-state index in [0.717, 1.165) is 0 Å². The third kappa shape index (κ3) is 3.75. The fourth-order valence-electron chi connectivity index (χ4n) is 0.583. The van der Waals surface area contributed by atoms with Crippen molar-refractivity contribution in [1.82, 2.24) is 5.32 Å². The highest BCUT2D eigenvalue weighted by Crippen LogP contribution is 2.11. The molecule has 0 aromatic heterocycles. The summed E-state index contributed by atoms with van der Waals surface area (Å²) in [5.41, 5.74) is 3.77. The smallest absolute Gasteiger partial charge is 0.312 e. The zero-order chi connectivity index (χ0) is 9.78. The maximum absolute atomic E-state index is 10.4. The maximum atomic E-state index is 10.4. The first-order chi connectivity index (χ1) is 5.36. The summed E-state index contributed by atoms with van der Waals surface area (Å²) in [5.74, 6) is 0. The number of nitrogens with zero attached hydrogens (tertiary/aromatic N) is 1. The van der Waals surface area contributed by atoms with Gasteiger partial charge in [-0.05, 0) is 0 Å². The average Bonchev–Trinajstić information content (AvgIpc) is 1.85. The number of amides is 2. The molecule has 0 bridgehead atoms. The van der Waals surface area contributed by atoms with Gasteiger partial charge in [0.15, 0.2) is 0 Å². The van der Waals surface area contributed by atoms with E-state index in [1.165, 1.54) is 13.8 Å². The van der Waals surface area contributed by atoms with Crippen LogP contribution in [0.2, 0.25) is 0 Å². The summed E-state index contributed by atoms with van der Waals surface area (Å²) in [6.45, 7) is 3.22. The zero-order valence-electron chi connectivity index (χ0n) is 7.16. The molecule has 0 atom stereocenters. The van der Waals surface area contributed by atoms with E-state index in [2.05, 4.69) is 5.32 Å². The molecular formula is C6H13N3O3. The number of hydrogen-bond donors (Lipinski definition) is 2. The van der Waals surface area contributed by atoms with E-state index in [-0.39, 0.29) is 17.9 Å². The van der Waals surface area contributed by atoms with Crippen molar-refractivity contribution in [1.29, 1.82) is 0 Å². The number of rotatable bonds is 4. The van der Waals surface area contributed by atoms with Gasteiger partial charge >= 0.3 is 6.03 Å². The van der Waals surface area contributed by atoms with E-state index in [1.807, 2.05) is 0 Å². The Morgan fingerprint density at radius 3 is 2.50 bits per heavy atom. The first-order valence-electron chi connectivity index (χ1n) is 3.54. The van der Waals surface area contributed by atoms with Crippen LogP contribution in [0.4, 0.5) is 4.79 Å². The van der Waals surface area contributed by atoms with Crippen LogP contribution >= 0.6 is 0 Å². The van der Waals surface area contributed by atoms with Crippen molar-refractivity contribution in [2.45, 2.75) is 25.8 Å². The minimum absolute atomic E-state index is 0.226. The van der Waals surface area contributed by atoms with Crippen LogP contribution in [-0.2, 0) is 0 Å². The van der Waals surface area contributed by atoms with Crippen molar-refractivity contribution in [2.75, 3.05) is 6.54 Å². The molecule has 0 aliphatic heterocycles. The van der Waals surface area contributed by atoms with Gasteiger partial charge in [-0.2, -0.15) is 0 Å². The van der Waals surface area contributed by atoms with Crippen molar-refractivity contribution in [3.8, 4) is 0 Å². The molecule has 2 amide bonds. The highest BCUT2D eigenvalue weighted by molar-refractivity contribution is 5.71. The van der Waals surface area contributed by atoms with Gasteiger partial charge in [-0.15, -0.1) is 0 Å². The minimum Gasteiger partial charge on any atom is -0.352 e. The van der Waals surface area contributed by atoms with E-state index in [9.17, 15) is 14.9 Å². The largest absolute Gasteiger partial charge is 0.352 e. The quantitative estimate of drug-likeness (QED) is 0.468. The molecule has 0 rings (SSSR count). The van der Waals surface area contributed by atoms with Gasteiger partial charge in [-0.1, -0.05) is 0 Å². The summed E-state index contributed by atoms with van der Waals surface area (Å²) < 4.78 is 0. The fraction of sp³-hybridized carbons (Fsp3) is 0.833. The number of carbonyl (C=O) groups is 1. The molecule has 0 aliphatic carbocycles. The second kappa shape index (κ2) is 3.89. The predicted octanol–water partition coefficient (Wildman–Crippen LogP) is 0.100. The number of nitro groups is 1. The number of carbonyl (C=O) groups excluding carboxylic acids is 1. The molecule has 70 valence electrons. The van der Waals surface area contributed by atoms with Gasteiger partial charge in [0.25, 0.3) is 0 Å². The summed E-state index contributed by atoms with van der Waals surface area (Å²) in [6.07, 6.45) is 0.267. The van der Waals surface area contributed by atoms with E-state index in [4.69, 9.17) is 5.73 Å². The Labute approximate surface area is 70.3 Å². The number of nitrogens with two attached hydrogens (primary N) is 1. The molecule has 0 aromatic carbocycles. The first kappa shape index (κ1) is 10.7. The van der Waals surface area contributed by atoms with Gasteiger partial charge in [-0.25, -0.2) is 4.79 Å². The summed E-state index contributed by atoms with van der Waals surface area (Å²) in [4.78, 5) is 20.2. The minimum atomic E-state index is -1.01. The lowest BCUT2D eigenvalue weighted by Gasteiger charge is -2.14. The van der Waals surface area contributed by atoms with Crippen LogP contribution in [0.25, 0.3) is 0 Å². The Morgan fingerprint density at radius 2 is 2.17 bits per heavy atom. The van der Waals surface area contributed by atoms with Crippen LogP contribution in [0.5, 0.6) is 0 Å². The van der Waals surface area contributed by atoms with Crippen LogP contribution < -0.4 is 11.1 Å². The molecule has 0 heterocycles. The molecule has 12 heavy (non-hydrogen) atoms. The number of urea groups is 1. The fourth-order valence-corrected chi connectivity index (χ4v) is 0.583. The third-order valence-electron chi connectivity index (χ3n) is 1.53. The Hall–Kier alpha value is -1.33. The number of nitrogens with one attached hydrogen (secondary N) is 1. The highest BCUT2D eigenvalue weighted by Gasteiger charge is 2.29. The molecule has 0 saturated heterocycles. The molecule has 0 aliphatic rings. The molecule has 0 saturated carbocycles. The Kier molecular flexibility index (Phi) is 3.46. The molecule has 6 heteroatoms. The average molecular weight is 175 g/mol. The molecule has 0 unspecified atom stereocenters. The van der Waals surface area contributed by atoms with Gasteiger partial charge < -0.3 is 11.1 Å². The lowest BCUT2D eigenvalue weighted by molar-refractivity contribution is -0.561. The lowest BCUT2D eigenvalue weighted by Crippen LogP contribution is -2.38. The molecule has 6 nitrogen and oxygen atoms in total. The zero-order valence-corrected chi connectivity index (χ0v) is 7.16. The normalized spacial score (nSPS) is 10.8. The topological polar surface area (TPSA) is 98.3 Å². The van der Waals surface area contributed by atoms with E-state index < -0.39 is 11.6 Å². The SMILES string of the molecule is CC(C)(CCNC(N)=O)[N+](=O)[O-]. The maximum Gasteiger partial charge on any atom is 0.312 e. The van der Waals surface area contributed by atoms with Crippen molar-refractivity contribution < 1.29 is 9.72 Å². The van der Waals surface area contributed by atoms with Crippen molar-refractivity contribution >= 4 is 6.03 Å². The first-order valence-corrected chi connectivity index (χ1v) is 3.54. The van der Waals surface area contributed by atoms with Gasteiger partial charge in [0, 0.05) is 31.7 Å². The van der Waals surface area contributed by atoms with Crippen molar-refractivity contribution in [3.63, 3.8) is 0 Å². The number of primary amides is 1.